The van der Waals surface area contributed by atoms with Crippen molar-refractivity contribution in [3.05, 3.63) is 23.8 Å². The Morgan fingerprint density at radius 2 is 1.79 bits per heavy atom. The molecular formula is C31H52N3O5+. The van der Waals surface area contributed by atoms with Gasteiger partial charge in [0.15, 0.2) is 11.5 Å². The molecule has 0 saturated carbocycles. The van der Waals surface area contributed by atoms with Crippen LogP contribution in [-0.4, -0.2) is 98.0 Å². The highest BCUT2D eigenvalue weighted by atomic mass is 16.7. The number of unbranched alkanes of at least 4 members (excludes halogenated alkanes) is 2. The van der Waals surface area contributed by atoms with Crippen LogP contribution in [0.1, 0.15) is 77.2 Å². The molecule has 0 aliphatic carbocycles. The summed E-state index contributed by atoms with van der Waals surface area (Å²) in [7, 11) is 6.59. The summed E-state index contributed by atoms with van der Waals surface area (Å²) in [4.78, 5) is 30.7. The van der Waals surface area contributed by atoms with Gasteiger partial charge >= 0.3 is 5.97 Å². The van der Waals surface area contributed by atoms with Crippen molar-refractivity contribution in [2.75, 3.05) is 60.7 Å². The highest BCUT2D eigenvalue weighted by molar-refractivity contribution is 5.79. The van der Waals surface area contributed by atoms with Gasteiger partial charge < -0.3 is 24.0 Å². The molecule has 2 unspecified atom stereocenters. The van der Waals surface area contributed by atoms with Crippen molar-refractivity contribution in [2.24, 2.45) is 11.8 Å². The van der Waals surface area contributed by atoms with E-state index in [0.717, 1.165) is 74.6 Å². The predicted molar refractivity (Wildman–Crippen MR) is 154 cm³/mol. The SMILES string of the molecule is CCCCN(CCCC[N+](C)(C)C)C(=O)CN1C[C@H](c2ccc3c(c2)OCO3)C(C(=O)O)[C@@H]1CC(C)CCC. The molecular weight excluding hydrogens is 494 g/mol. The number of carbonyl (C=O) groups is 2. The molecule has 2 aliphatic rings. The first-order valence-electron chi connectivity index (χ1n) is 15.0. The lowest BCUT2D eigenvalue weighted by Gasteiger charge is -2.31. The number of carboxylic acids is 1. The Labute approximate surface area is 235 Å². The lowest BCUT2D eigenvalue weighted by atomic mass is 9.81. The fraction of sp³-hybridized carbons (Fsp3) is 0.742. The number of aliphatic carboxylic acids is 1. The molecule has 1 saturated heterocycles. The number of hydrogen-bond acceptors (Lipinski definition) is 5. The fourth-order valence-corrected chi connectivity index (χ4v) is 6.16. The van der Waals surface area contributed by atoms with Gasteiger partial charge in [0.2, 0.25) is 12.7 Å². The minimum Gasteiger partial charge on any atom is -0.481 e. The van der Waals surface area contributed by atoms with Crippen molar-refractivity contribution < 1.29 is 28.7 Å². The van der Waals surface area contributed by atoms with Crippen LogP contribution in [0, 0.1) is 11.8 Å². The highest BCUT2D eigenvalue weighted by Crippen LogP contribution is 2.43. The second-order valence-electron chi connectivity index (χ2n) is 12.7. The van der Waals surface area contributed by atoms with Crippen LogP contribution in [0.2, 0.25) is 0 Å². The van der Waals surface area contributed by atoms with Gasteiger partial charge in [-0.3, -0.25) is 14.5 Å². The summed E-state index contributed by atoms with van der Waals surface area (Å²) in [6, 6.07) is 5.59. The summed E-state index contributed by atoms with van der Waals surface area (Å²) >= 11 is 0. The van der Waals surface area contributed by atoms with Gasteiger partial charge in [-0.25, -0.2) is 0 Å². The molecule has 0 spiro atoms. The number of hydrogen-bond donors (Lipinski definition) is 1. The van der Waals surface area contributed by atoms with E-state index < -0.39 is 11.9 Å². The number of amides is 1. The van der Waals surface area contributed by atoms with Crippen LogP contribution in [0.3, 0.4) is 0 Å². The summed E-state index contributed by atoms with van der Waals surface area (Å²) < 4.78 is 12.0. The average Bonchev–Trinajstić information content (AvgIpc) is 3.47. The van der Waals surface area contributed by atoms with E-state index in [1.54, 1.807) is 0 Å². The number of carbonyl (C=O) groups excluding carboxylic acids is 1. The number of likely N-dealkylation sites (tertiary alicyclic amines) is 1. The van der Waals surface area contributed by atoms with Crippen LogP contribution in [0.15, 0.2) is 18.2 Å². The zero-order valence-corrected chi connectivity index (χ0v) is 25.2. The predicted octanol–water partition coefficient (Wildman–Crippen LogP) is 4.83. The normalized spacial score (nSPS) is 21.7. The second kappa shape index (κ2) is 14.4. The molecule has 2 aliphatic heterocycles. The lowest BCUT2D eigenvalue weighted by molar-refractivity contribution is -0.870. The molecule has 1 aromatic rings. The Hall–Kier alpha value is -2.32. The van der Waals surface area contributed by atoms with E-state index in [9.17, 15) is 14.7 Å². The van der Waals surface area contributed by atoms with Gasteiger partial charge in [0.25, 0.3) is 0 Å². The van der Waals surface area contributed by atoms with E-state index in [1.807, 2.05) is 23.1 Å². The third kappa shape index (κ3) is 8.84. The first-order valence-corrected chi connectivity index (χ1v) is 15.0. The molecule has 39 heavy (non-hydrogen) atoms. The number of carboxylic acid groups (broad SMARTS) is 1. The molecule has 1 fully saturated rings. The Kier molecular flexibility index (Phi) is 11.5. The van der Waals surface area contributed by atoms with Crippen molar-refractivity contribution in [1.29, 1.82) is 0 Å². The zero-order chi connectivity index (χ0) is 28.6. The van der Waals surface area contributed by atoms with E-state index in [1.165, 1.54) is 0 Å². The van der Waals surface area contributed by atoms with Crippen molar-refractivity contribution in [1.82, 2.24) is 9.80 Å². The van der Waals surface area contributed by atoms with E-state index >= 15 is 0 Å². The van der Waals surface area contributed by atoms with Crippen molar-refractivity contribution in [3.63, 3.8) is 0 Å². The largest absolute Gasteiger partial charge is 0.481 e. The van der Waals surface area contributed by atoms with Gasteiger partial charge in [-0.1, -0.05) is 46.1 Å². The Morgan fingerprint density at radius 1 is 1.08 bits per heavy atom. The summed E-state index contributed by atoms with van der Waals surface area (Å²) in [5.74, 6) is 0.300. The summed E-state index contributed by atoms with van der Waals surface area (Å²) in [5.41, 5.74) is 0.942. The summed E-state index contributed by atoms with van der Waals surface area (Å²) in [6.45, 7) is 10.1. The quantitative estimate of drug-likeness (QED) is 0.236. The van der Waals surface area contributed by atoms with Crippen LogP contribution in [0.4, 0.5) is 0 Å². The van der Waals surface area contributed by atoms with Gasteiger partial charge in [-0.05, 0) is 49.3 Å². The van der Waals surface area contributed by atoms with E-state index in [-0.39, 0.29) is 31.2 Å². The standard InChI is InChI=1S/C31H51N3O5/c1-7-9-15-32(16-10-11-17-34(4,5)6)29(35)21-33-20-25(24-13-14-27-28(19-24)39-22-38-27)30(31(36)37)26(33)18-23(3)12-8-2/h13-14,19,23,25-26,30H,7-12,15-18,20-22H2,1-6H3/p+1/t23?,25-,26+,30?/m1/s1. The first-order chi connectivity index (χ1) is 18.5. The molecule has 0 aromatic heterocycles. The average molecular weight is 547 g/mol. The van der Waals surface area contributed by atoms with Gasteiger partial charge in [0, 0.05) is 31.6 Å². The second-order valence-corrected chi connectivity index (χ2v) is 12.7. The lowest BCUT2D eigenvalue weighted by Crippen LogP contribution is -2.45. The topological polar surface area (TPSA) is 79.3 Å². The number of rotatable bonds is 16. The molecule has 1 aromatic carbocycles. The zero-order valence-electron chi connectivity index (χ0n) is 25.2. The number of benzene rings is 1. The maximum atomic E-state index is 13.7. The fourth-order valence-electron chi connectivity index (χ4n) is 6.16. The molecule has 2 heterocycles. The molecule has 1 N–H and O–H groups in total. The molecule has 3 rings (SSSR count). The number of fused-ring (bicyclic) bond motifs is 1. The highest BCUT2D eigenvalue weighted by Gasteiger charge is 2.47. The molecule has 0 radical (unpaired) electrons. The van der Waals surface area contributed by atoms with Crippen molar-refractivity contribution in [3.8, 4) is 11.5 Å². The molecule has 220 valence electrons. The number of quaternary nitrogens is 1. The van der Waals surface area contributed by atoms with E-state index in [4.69, 9.17) is 9.47 Å². The Morgan fingerprint density at radius 3 is 2.46 bits per heavy atom. The summed E-state index contributed by atoms with van der Waals surface area (Å²) in [6.07, 6.45) is 6.97. The van der Waals surface area contributed by atoms with Crippen LogP contribution in [-0.2, 0) is 9.59 Å². The Balaban J connectivity index is 1.80. The molecule has 4 atom stereocenters. The van der Waals surface area contributed by atoms with E-state index in [2.05, 4.69) is 46.8 Å². The molecule has 8 heteroatoms. The smallest absolute Gasteiger partial charge is 0.308 e. The molecule has 8 nitrogen and oxygen atoms in total. The van der Waals surface area contributed by atoms with Gasteiger partial charge in [0.1, 0.15) is 0 Å². The third-order valence-electron chi connectivity index (χ3n) is 8.26. The first kappa shape index (κ1) is 31.2. The van der Waals surface area contributed by atoms with Gasteiger partial charge in [-0.2, -0.15) is 0 Å². The number of nitrogens with zero attached hydrogens (tertiary/aromatic N) is 3. The van der Waals surface area contributed by atoms with Crippen LogP contribution < -0.4 is 9.47 Å². The van der Waals surface area contributed by atoms with Crippen LogP contribution >= 0.6 is 0 Å². The molecule has 1 amide bonds. The minimum absolute atomic E-state index is 0.123. The Bertz CT molecular complexity index is 947. The van der Waals surface area contributed by atoms with Crippen LogP contribution in [0.5, 0.6) is 11.5 Å². The minimum atomic E-state index is -0.788. The van der Waals surface area contributed by atoms with Crippen molar-refractivity contribution >= 4 is 11.9 Å². The van der Waals surface area contributed by atoms with Crippen molar-refractivity contribution in [2.45, 2.75) is 77.7 Å². The van der Waals surface area contributed by atoms with Crippen LogP contribution in [0.25, 0.3) is 0 Å². The molecule has 0 bridgehead atoms. The van der Waals surface area contributed by atoms with Gasteiger partial charge in [0.05, 0.1) is 40.2 Å². The summed E-state index contributed by atoms with van der Waals surface area (Å²) in [5, 5.41) is 10.5. The third-order valence-corrected chi connectivity index (χ3v) is 8.26. The van der Waals surface area contributed by atoms with E-state index in [0.29, 0.717) is 24.0 Å². The maximum Gasteiger partial charge on any atom is 0.308 e. The van der Waals surface area contributed by atoms with Gasteiger partial charge in [-0.15, -0.1) is 0 Å². The maximum absolute atomic E-state index is 13.7. The number of ether oxygens (including phenoxy) is 2. The monoisotopic (exact) mass is 546 g/mol.